The minimum atomic E-state index is -4.10. The summed E-state index contributed by atoms with van der Waals surface area (Å²) >= 11 is 0. The molecule has 226 valence electrons. The highest BCUT2D eigenvalue weighted by Crippen LogP contribution is 2.61. The lowest BCUT2D eigenvalue weighted by molar-refractivity contribution is 0.361. The predicted molar refractivity (Wildman–Crippen MR) is 174 cm³/mol. The number of hydrogen-bond donors (Lipinski definition) is 3. The van der Waals surface area contributed by atoms with E-state index in [4.69, 9.17) is 0 Å². The number of hydrogen-bond acceptors (Lipinski definition) is 0. The van der Waals surface area contributed by atoms with Crippen molar-refractivity contribution in [2.75, 3.05) is 17.3 Å². The molecule has 0 unspecified atom stereocenters. The van der Waals surface area contributed by atoms with Crippen molar-refractivity contribution in [3.8, 4) is 0 Å². The van der Waals surface area contributed by atoms with Crippen molar-refractivity contribution in [1.29, 1.82) is 0 Å². The highest BCUT2D eigenvalue weighted by molar-refractivity contribution is 8.50. The van der Waals surface area contributed by atoms with Crippen molar-refractivity contribution < 1.29 is 14.7 Å². The second-order valence-electron chi connectivity index (χ2n) is 11.8. The van der Waals surface area contributed by atoms with E-state index in [0.29, 0.717) is 0 Å². The molecule has 1 aromatic carbocycles. The lowest BCUT2D eigenvalue weighted by atomic mass is 10.1. The molecule has 0 amide bonds. The molecule has 0 saturated heterocycles. The van der Waals surface area contributed by atoms with Gasteiger partial charge in [0.05, 0.1) is 0 Å². The van der Waals surface area contributed by atoms with E-state index in [1.54, 1.807) is 0 Å². The average Bonchev–Trinajstić information content (AvgIpc) is 2.91. The third-order valence-corrected chi connectivity index (χ3v) is 21.3. The van der Waals surface area contributed by atoms with Crippen molar-refractivity contribution in [3.63, 3.8) is 0 Å². The smallest absolute Gasteiger partial charge is 0.266 e. The maximum Gasteiger partial charge on any atom is 0.266 e. The summed E-state index contributed by atoms with van der Waals surface area (Å²) in [5.41, 5.74) is 0. The minimum Gasteiger partial charge on any atom is -0.329 e. The van der Waals surface area contributed by atoms with Crippen LogP contribution in [0.5, 0.6) is 0 Å². The summed E-state index contributed by atoms with van der Waals surface area (Å²) in [6, 6.07) is 10.3. The first-order chi connectivity index (χ1) is 18.4. The molecule has 0 aliphatic carbocycles. The number of benzene rings is 1. The summed E-state index contributed by atoms with van der Waals surface area (Å²) in [4.78, 5) is 35.6. The first-order valence-electron chi connectivity index (χ1n) is 16.4. The largest absolute Gasteiger partial charge is 0.329 e. The minimum absolute atomic E-state index is 0.776. The average molecular weight is 573 g/mol. The van der Waals surface area contributed by atoms with Crippen molar-refractivity contribution in [3.05, 3.63) is 30.3 Å². The molecule has 3 N–H and O–H groups in total. The molecule has 1 aromatic rings. The number of unbranched alkanes of at least 4 members (excludes halogenated alkanes) is 18. The van der Waals surface area contributed by atoms with Gasteiger partial charge in [-0.05, 0) is 41.4 Å². The number of rotatable bonds is 25. The van der Waals surface area contributed by atoms with Gasteiger partial charge < -0.3 is 14.7 Å². The van der Waals surface area contributed by atoms with Gasteiger partial charge in [-0.2, -0.15) is 8.34 Å². The molecule has 0 heterocycles. The van der Waals surface area contributed by atoms with Crippen molar-refractivity contribution in [2.45, 2.75) is 161 Å². The van der Waals surface area contributed by atoms with E-state index >= 15 is 0 Å². The van der Waals surface area contributed by atoms with Crippen LogP contribution in [0.15, 0.2) is 35.2 Å². The molecule has 5 heteroatoms. The summed E-state index contributed by atoms with van der Waals surface area (Å²) in [6.07, 6.45) is 25.3. The third-order valence-electron chi connectivity index (χ3n) is 8.68. The van der Waals surface area contributed by atoms with Crippen molar-refractivity contribution in [2.24, 2.45) is 0 Å². The predicted octanol–water partition coefficient (Wildman–Crippen LogP) is 10.6. The van der Waals surface area contributed by atoms with Crippen LogP contribution in [0.3, 0.4) is 0 Å². The van der Waals surface area contributed by atoms with Gasteiger partial charge in [0.2, 0.25) is 0 Å². The Balaban J connectivity index is 3.19. The van der Waals surface area contributed by atoms with Crippen LogP contribution in [-0.4, -0.2) is 31.9 Å². The Hall–Kier alpha value is -0.120. The van der Waals surface area contributed by atoms with Crippen molar-refractivity contribution >= 4 is 15.1 Å². The molecular weight excluding hydrogens is 507 g/mol. The van der Waals surface area contributed by atoms with Gasteiger partial charge in [-0.3, -0.25) is 0 Å². The molecule has 0 atom stereocenters. The molecule has 3 nitrogen and oxygen atoms in total. The van der Waals surface area contributed by atoms with Crippen LogP contribution in [0.1, 0.15) is 156 Å². The molecule has 1 rings (SSSR count). The maximum absolute atomic E-state index is 11.5. The van der Waals surface area contributed by atoms with E-state index < -0.39 is 15.1 Å². The summed E-state index contributed by atoms with van der Waals surface area (Å²) in [6.45, 7) is 2.66. The zero-order valence-corrected chi connectivity index (χ0v) is 27.3. The standard InChI is InChI=1S/C33H65O3PS/c1-4-7-10-13-16-19-25-30-38(37(34,35)36,33-28-23-22-24-29-33,31-26-20-17-14-11-8-5-2)32-27-21-18-15-12-9-6-3/h22-24,28-29,34-36H,4-21,25-27,30-32H2,1-3H3. The zero-order valence-electron chi connectivity index (χ0n) is 25.6. The summed E-state index contributed by atoms with van der Waals surface area (Å²) in [7, 11) is -3.04. The van der Waals surface area contributed by atoms with Crippen LogP contribution in [0.4, 0.5) is 0 Å². The van der Waals surface area contributed by atoms with Gasteiger partial charge in [0, 0.05) is 0 Å². The van der Waals surface area contributed by atoms with Gasteiger partial charge >= 0.3 is 0 Å². The first-order valence-corrected chi connectivity index (χ1v) is 21.2. The molecule has 0 saturated carbocycles. The molecular formula is C33H65O3PS. The van der Waals surface area contributed by atoms with Crippen LogP contribution >= 0.6 is 6.72 Å². The van der Waals surface area contributed by atoms with Gasteiger partial charge in [-0.15, -0.1) is 0 Å². The fraction of sp³-hybridized carbons (Fsp3) is 0.818. The Morgan fingerprint density at radius 2 is 0.737 bits per heavy atom. The SMILES string of the molecule is CCCCCCCCCS(CCCCCCCCC)(CCCCCCCCC)(c1ccccc1)=P(O)(O)O. The van der Waals surface area contributed by atoms with Crippen LogP contribution in [0.2, 0.25) is 0 Å². The molecule has 0 aliphatic rings. The maximum atomic E-state index is 11.5. The summed E-state index contributed by atoms with van der Waals surface area (Å²) < 4.78 is 0. The zero-order chi connectivity index (χ0) is 28.0. The monoisotopic (exact) mass is 572 g/mol. The van der Waals surface area contributed by atoms with Gasteiger partial charge in [0.1, 0.15) is 0 Å². The van der Waals surface area contributed by atoms with Gasteiger partial charge in [-0.1, -0.05) is 167 Å². The Bertz CT molecular complexity index is 723. The second kappa shape index (κ2) is 20.7. The lowest BCUT2D eigenvalue weighted by Gasteiger charge is -2.53. The van der Waals surface area contributed by atoms with E-state index in [1.165, 1.54) is 96.3 Å². The van der Waals surface area contributed by atoms with Crippen LogP contribution < -0.4 is 0 Å². The van der Waals surface area contributed by atoms with Crippen LogP contribution in [0.25, 0.3) is 0 Å². The first kappa shape index (κ1) is 35.9. The van der Waals surface area contributed by atoms with E-state index in [1.807, 2.05) is 18.2 Å². The van der Waals surface area contributed by atoms with E-state index in [0.717, 1.165) is 60.7 Å². The summed E-state index contributed by atoms with van der Waals surface area (Å²) in [5.74, 6) is 2.33. The molecule has 0 aromatic heterocycles. The Morgan fingerprint density at radius 3 is 1.03 bits per heavy atom. The van der Waals surface area contributed by atoms with E-state index in [9.17, 15) is 14.7 Å². The van der Waals surface area contributed by atoms with Gasteiger partial charge in [0.25, 0.3) is 6.72 Å². The third kappa shape index (κ3) is 11.8. The van der Waals surface area contributed by atoms with Gasteiger partial charge in [0.15, 0.2) is 0 Å². The molecule has 0 fully saturated rings. The second-order valence-corrected chi connectivity index (χ2v) is 21.9. The molecule has 0 spiro atoms. The molecule has 0 aliphatic heterocycles. The Kier molecular flexibility index (Phi) is 19.6. The fourth-order valence-corrected chi connectivity index (χ4v) is 16.6. The van der Waals surface area contributed by atoms with Crippen LogP contribution in [0, 0.1) is 0 Å². The Labute approximate surface area is 237 Å². The highest BCUT2D eigenvalue weighted by atomic mass is 32.6. The lowest BCUT2D eigenvalue weighted by Crippen LogP contribution is -2.44. The highest BCUT2D eigenvalue weighted by Gasteiger charge is 2.43. The van der Waals surface area contributed by atoms with E-state index in [-0.39, 0.29) is 0 Å². The molecule has 38 heavy (non-hydrogen) atoms. The molecule has 0 radical (unpaired) electrons. The van der Waals surface area contributed by atoms with Crippen LogP contribution in [-0.2, 0) is 8.34 Å². The summed E-state index contributed by atoms with van der Waals surface area (Å²) in [5, 5.41) is 0. The topological polar surface area (TPSA) is 60.7 Å². The molecule has 0 bridgehead atoms. The van der Waals surface area contributed by atoms with Gasteiger partial charge in [-0.25, -0.2) is 0 Å². The van der Waals surface area contributed by atoms with E-state index in [2.05, 4.69) is 32.9 Å². The Morgan fingerprint density at radius 1 is 0.447 bits per heavy atom. The normalized spacial score (nSPS) is 13.5. The van der Waals surface area contributed by atoms with Crippen molar-refractivity contribution in [1.82, 2.24) is 0 Å². The quantitative estimate of drug-likeness (QED) is 0.0806. The fourth-order valence-electron chi connectivity index (χ4n) is 6.14.